The van der Waals surface area contributed by atoms with E-state index in [-0.39, 0.29) is 29.7 Å². The van der Waals surface area contributed by atoms with Crippen LogP contribution in [0.25, 0.3) is 0 Å². The van der Waals surface area contributed by atoms with E-state index in [1.165, 1.54) is 25.3 Å². The summed E-state index contributed by atoms with van der Waals surface area (Å²) in [5, 5.41) is 16.5. The predicted octanol–water partition coefficient (Wildman–Crippen LogP) is 1.65. The standard InChI is InChI=1S/C21H26N4O5/c1-5-15-8-6-7-9-17(15)22-20(26)13-24(3)14(2)21(27)23-18-12-16(25(28)29)10-11-19(18)30-4/h6-12,14H,5,13H2,1-4H3,(H,22,26)(H,23,27)/p+1/t14-/m1/s1. The Morgan fingerprint density at radius 2 is 1.87 bits per heavy atom. The number of likely N-dealkylation sites (N-methyl/N-ethyl adjacent to an activating group) is 1. The van der Waals surface area contributed by atoms with Crippen LogP contribution in [0.1, 0.15) is 19.4 Å². The van der Waals surface area contributed by atoms with E-state index in [1.54, 1.807) is 14.0 Å². The second kappa shape index (κ2) is 10.4. The third-order valence-electron chi connectivity index (χ3n) is 4.90. The van der Waals surface area contributed by atoms with Crippen LogP contribution in [0.2, 0.25) is 0 Å². The van der Waals surface area contributed by atoms with Gasteiger partial charge in [-0.05, 0) is 31.0 Å². The minimum absolute atomic E-state index is 0.0821. The van der Waals surface area contributed by atoms with Crippen molar-refractivity contribution in [1.29, 1.82) is 0 Å². The van der Waals surface area contributed by atoms with Crippen molar-refractivity contribution in [2.45, 2.75) is 26.3 Å². The number of nitrogens with zero attached hydrogens (tertiary/aromatic N) is 1. The number of para-hydroxylation sites is 1. The molecule has 0 bridgehead atoms. The number of ether oxygens (including phenoxy) is 1. The quantitative estimate of drug-likeness (QED) is 0.426. The van der Waals surface area contributed by atoms with Crippen LogP contribution in [0, 0.1) is 10.1 Å². The van der Waals surface area contributed by atoms with Gasteiger partial charge < -0.3 is 20.3 Å². The minimum Gasteiger partial charge on any atom is -0.495 e. The van der Waals surface area contributed by atoms with Crippen molar-refractivity contribution in [3.8, 4) is 5.75 Å². The molecule has 9 nitrogen and oxygen atoms in total. The van der Waals surface area contributed by atoms with Gasteiger partial charge in [-0.3, -0.25) is 19.7 Å². The summed E-state index contributed by atoms with van der Waals surface area (Å²) in [4.78, 5) is 36.2. The summed E-state index contributed by atoms with van der Waals surface area (Å²) < 4.78 is 5.17. The van der Waals surface area contributed by atoms with Crippen molar-refractivity contribution in [3.63, 3.8) is 0 Å². The molecule has 2 rings (SSSR count). The topological polar surface area (TPSA) is 115 Å². The molecule has 2 atom stereocenters. The fourth-order valence-electron chi connectivity index (χ4n) is 2.92. The first-order chi connectivity index (χ1) is 14.3. The van der Waals surface area contributed by atoms with Gasteiger partial charge in [0.1, 0.15) is 5.75 Å². The number of carbonyl (C=O) groups is 2. The fourth-order valence-corrected chi connectivity index (χ4v) is 2.92. The van der Waals surface area contributed by atoms with Crippen molar-refractivity contribution in [2.24, 2.45) is 0 Å². The van der Waals surface area contributed by atoms with E-state index in [1.807, 2.05) is 31.2 Å². The predicted molar refractivity (Wildman–Crippen MR) is 114 cm³/mol. The lowest BCUT2D eigenvalue weighted by molar-refractivity contribution is -0.885. The van der Waals surface area contributed by atoms with Crippen LogP contribution in [0.15, 0.2) is 42.5 Å². The number of nitro benzene ring substituents is 1. The maximum absolute atomic E-state index is 12.7. The van der Waals surface area contributed by atoms with Crippen molar-refractivity contribution in [2.75, 3.05) is 31.3 Å². The highest BCUT2D eigenvalue weighted by Gasteiger charge is 2.25. The summed E-state index contributed by atoms with van der Waals surface area (Å²) in [5.41, 5.74) is 1.84. The van der Waals surface area contributed by atoms with Crippen LogP contribution in [-0.2, 0) is 16.0 Å². The first-order valence-corrected chi connectivity index (χ1v) is 9.60. The van der Waals surface area contributed by atoms with E-state index in [4.69, 9.17) is 4.74 Å². The maximum atomic E-state index is 12.7. The Hall–Kier alpha value is -3.46. The number of non-ortho nitro benzene ring substituents is 1. The van der Waals surface area contributed by atoms with Gasteiger partial charge in [0, 0.05) is 17.8 Å². The minimum atomic E-state index is -0.582. The van der Waals surface area contributed by atoms with Crippen LogP contribution < -0.4 is 20.3 Å². The van der Waals surface area contributed by atoms with Gasteiger partial charge in [-0.15, -0.1) is 0 Å². The normalized spacial score (nSPS) is 12.5. The van der Waals surface area contributed by atoms with Crippen LogP contribution in [0.4, 0.5) is 17.1 Å². The van der Waals surface area contributed by atoms with Gasteiger partial charge in [0.2, 0.25) is 0 Å². The molecule has 0 saturated carbocycles. The Balaban J connectivity index is 2.03. The Labute approximate surface area is 175 Å². The second-order valence-corrected chi connectivity index (χ2v) is 6.93. The zero-order valence-corrected chi connectivity index (χ0v) is 17.5. The summed E-state index contributed by atoms with van der Waals surface area (Å²) in [5.74, 6) is -0.276. The van der Waals surface area contributed by atoms with E-state index < -0.39 is 11.0 Å². The van der Waals surface area contributed by atoms with Crippen LogP contribution >= 0.6 is 0 Å². The number of nitrogens with one attached hydrogen (secondary N) is 3. The Morgan fingerprint density at radius 3 is 2.50 bits per heavy atom. The molecule has 30 heavy (non-hydrogen) atoms. The fraction of sp³-hybridized carbons (Fsp3) is 0.333. The van der Waals surface area contributed by atoms with E-state index in [2.05, 4.69) is 10.6 Å². The molecule has 0 heterocycles. The first kappa shape index (κ1) is 22.8. The van der Waals surface area contributed by atoms with Gasteiger partial charge in [-0.2, -0.15) is 0 Å². The Morgan fingerprint density at radius 1 is 1.17 bits per heavy atom. The molecule has 1 unspecified atom stereocenters. The number of benzene rings is 2. The lowest BCUT2D eigenvalue weighted by Crippen LogP contribution is -3.14. The number of aryl methyl sites for hydroxylation is 1. The summed E-state index contributed by atoms with van der Waals surface area (Å²) >= 11 is 0. The van der Waals surface area contributed by atoms with Crippen molar-refractivity contribution in [1.82, 2.24) is 0 Å². The number of methoxy groups -OCH3 is 1. The summed E-state index contributed by atoms with van der Waals surface area (Å²) in [7, 11) is 3.15. The molecule has 0 aliphatic heterocycles. The molecule has 0 fully saturated rings. The van der Waals surface area contributed by atoms with Gasteiger partial charge in [0.25, 0.3) is 17.5 Å². The highest BCUT2D eigenvalue weighted by Crippen LogP contribution is 2.28. The largest absolute Gasteiger partial charge is 0.495 e. The third-order valence-corrected chi connectivity index (χ3v) is 4.90. The van der Waals surface area contributed by atoms with Gasteiger partial charge in [0.05, 0.1) is 24.8 Å². The number of nitro groups is 1. The SMILES string of the molecule is CCc1ccccc1NC(=O)C[NH+](C)[C@H](C)C(=O)Nc1cc([N+](=O)[O-])ccc1OC. The number of rotatable bonds is 9. The Bertz CT molecular complexity index is 931. The van der Waals surface area contributed by atoms with Crippen LogP contribution in [-0.4, -0.2) is 43.5 Å². The van der Waals surface area contributed by atoms with Crippen molar-refractivity contribution < 1.29 is 24.1 Å². The summed E-state index contributed by atoms with van der Waals surface area (Å²) in [6.45, 7) is 3.78. The maximum Gasteiger partial charge on any atom is 0.282 e. The molecule has 0 aliphatic rings. The molecule has 0 radical (unpaired) electrons. The smallest absolute Gasteiger partial charge is 0.282 e. The average molecular weight is 415 g/mol. The lowest BCUT2D eigenvalue weighted by atomic mass is 10.1. The highest BCUT2D eigenvalue weighted by atomic mass is 16.6. The van der Waals surface area contributed by atoms with Gasteiger partial charge in [-0.1, -0.05) is 25.1 Å². The van der Waals surface area contributed by atoms with E-state index in [9.17, 15) is 19.7 Å². The Kier molecular flexibility index (Phi) is 7.88. The number of quaternary nitrogens is 1. The number of hydrogen-bond acceptors (Lipinski definition) is 5. The molecule has 0 aliphatic carbocycles. The number of hydrogen-bond donors (Lipinski definition) is 3. The van der Waals surface area contributed by atoms with E-state index in [0.29, 0.717) is 10.6 Å². The molecule has 2 aromatic rings. The molecule has 0 spiro atoms. The molecule has 160 valence electrons. The van der Waals surface area contributed by atoms with Crippen molar-refractivity contribution >= 4 is 28.9 Å². The summed E-state index contributed by atoms with van der Waals surface area (Å²) in [6.07, 6.45) is 0.795. The molecule has 2 amide bonds. The molecule has 0 aromatic heterocycles. The molecular weight excluding hydrogens is 388 g/mol. The van der Waals surface area contributed by atoms with E-state index in [0.717, 1.165) is 17.7 Å². The number of amides is 2. The summed E-state index contributed by atoms with van der Waals surface area (Å²) in [6, 6.07) is 11.0. The van der Waals surface area contributed by atoms with Crippen LogP contribution in [0.3, 0.4) is 0 Å². The monoisotopic (exact) mass is 415 g/mol. The zero-order chi connectivity index (χ0) is 22.3. The lowest BCUT2D eigenvalue weighted by Gasteiger charge is -2.21. The van der Waals surface area contributed by atoms with E-state index >= 15 is 0 Å². The van der Waals surface area contributed by atoms with Crippen LogP contribution in [0.5, 0.6) is 5.75 Å². The molecular formula is C21H27N4O5+. The number of carbonyl (C=O) groups excluding carboxylic acids is 2. The molecule has 0 saturated heterocycles. The average Bonchev–Trinajstić information content (AvgIpc) is 2.73. The number of anilines is 2. The van der Waals surface area contributed by atoms with Gasteiger partial charge >= 0.3 is 0 Å². The second-order valence-electron chi connectivity index (χ2n) is 6.93. The van der Waals surface area contributed by atoms with Gasteiger partial charge in [0.15, 0.2) is 12.6 Å². The molecule has 2 aromatic carbocycles. The van der Waals surface area contributed by atoms with Gasteiger partial charge in [-0.25, -0.2) is 0 Å². The zero-order valence-electron chi connectivity index (χ0n) is 17.5. The third kappa shape index (κ3) is 5.77. The molecule has 9 heteroatoms. The highest BCUT2D eigenvalue weighted by molar-refractivity contribution is 5.96. The van der Waals surface area contributed by atoms with Crippen molar-refractivity contribution in [3.05, 3.63) is 58.1 Å². The molecule has 3 N–H and O–H groups in total. The first-order valence-electron chi connectivity index (χ1n) is 9.60.